The van der Waals surface area contributed by atoms with E-state index >= 15 is 0 Å². The molecule has 1 aromatic carbocycles. The van der Waals surface area contributed by atoms with Gasteiger partial charge in [0.05, 0.1) is 13.0 Å². The third kappa shape index (κ3) is 5.89. The normalized spacial score (nSPS) is 31.7. The molecule has 2 atom stereocenters. The lowest BCUT2D eigenvalue weighted by Gasteiger charge is -2.54. The molecule has 3 saturated carbocycles. The molecule has 33 heavy (non-hydrogen) atoms. The second-order valence-electron chi connectivity index (χ2n) is 10.5. The standard InChI is InChI=1S/C29H42O4/c1-3-5-7-9-26(30)33-27-22-31-25(21-32-27)23-10-12-24(13-11-23)29-18-15-28(16-19-29,17-20-29)14-8-6-4-2/h5,7,10-13,25,27H,3-4,6,8-9,14-22H2,1-2H3/t25-,27-,28?,29?/m1/s1. The zero-order chi connectivity index (χ0) is 23.2. The van der Waals surface area contributed by atoms with Crippen molar-refractivity contribution in [3.8, 4) is 0 Å². The van der Waals surface area contributed by atoms with Crippen molar-refractivity contribution in [2.24, 2.45) is 5.41 Å². The van der Waals surface area contributed by atoms with E-state index in [2.05, 4.69) is 31.2 Å². The van der Waals surface area contributed by atoms with Gasteiger partial charge in [-0.2, -0.15) is 0 Å². The Kier molecular flexibility index (Phi) is 8.29. The van der Waals surface area contributed by atoms with Gasteiger partial charge >= 0.3 is 5.97 Å². The van der Waals surface area contributed by atoms with Crippen LogP contribution in [0.1, 0.15) is 108 Å². The molecular formula is C29H42O4. The SMILES string of the molecule is CCC=CCC(=O)O[C@@H]1CO[C@@H](c2ccc(C34CCC(CCCCC)(CC3)CC4)cc2)CO1. The molecule has 0 amide bonds. The zero-order valence-corrected chi connectivity index (χ0v) is 20.7. The highest BCUT2D eigenvalue weighted by Gasteiger charge is 2.48. The lowest BCUT2D eigenvalue weighted by Crippen LogP contribution is -2.44. The Morgan fingerprint density at radius 2 is 1.70 bits per heavy atom. The summed E-state index contributed by atoms with van der Waals surface area (Å²) in [6.07, 6.45) is 18.1. The number of hydrogen-bond donors (Lipinski definition) is 0. The Balaban J connectivity index is 1.27. The quantitative estimate of drug-likeness (QED) is 0.213. The Morgan fingerprint density at radius 1 is 0.970 bits per heavy atom. The van der Waals surface area contributed by atoms with Crippen LogP contribution in [0.4, 0.5) is 0 Å². The van der Waals surface area contributed by atoms with Gasteiger partial charge in [-0.1, -0.05) is 69.5 Å². The lowest BCUT2D eigenvalue weighted by molar-refractivity contribution is -0.232. The molecule has 1 saturated heterocycles. The Hall–Kier alpha value is -1.65. The number of unbranched alkanes of at least 4 members (excludes halogenated alkanes) is 2. The molecule has 5 rings (SSSR count). The number of rotatable bonds is 10. The predicted molar refractivity (Wildman–Crippen MR) is 131 cm³/mol. The van der Waals surface area contributed by atoms with Crippen molar-refractivity contribution in [1.82, 2.24) is 0 Å². The summed E-state index contributed by atoms with van der Waals surface area (Å²) < 4.78 is 17.1. The molecule has 1 aromatic rings. The summed E-state index contributed by atoms with van der Waals surface area (Å²) in [5, 5.41) is 0. The van der Waals surface area contributed by atoms with Gasteiger partial charge < -0.3 is 14.2 Å². The maximum absolute atomic E-state index is 11.9. The van der Waals surface area contributed by atoms with Gasteiger partial charge in [-0.25, -0.2) is 0 Å². The average molecular weight is 455 g/mol. The molecular weight excluding hydrogens is 412 g/mol. The van der Waals surface area contributed by atoms with E-state index in [0.29, 0.717) is 17.4 Å². The molecule has 0 unspecified atom stereocenters. The molecule has 4 aliphatic rings. The second kappa shape index (κ2) is 11.2. The van der Waals surface area contributed by atoms with Gasteiger partial charge in [0.15, 0.2) is 0 Å². The summed E-state index contributed by atoms with van der Waals surface area (Å²) in [6, 6.07) is 9.11. The summed E-state index contributed by atoms with van der Waals surface area (Å²) in [4.78, 5) is 11.9. The number of ether oxygens (including phenoxy) is 3. The van der Waals surface area contributed by atoms with E-state index < -0.39 is 6.29 Å². The van der Waals surface area contributed by atoms with Crippen LogP contribution in [-0.2, 0) is 24.4 Å². The van der Waals surface area contributed by atoms with E-state index in [9.17, 15) is 4.79 Å². The van der Waals surface area contributed by atoms with Gasteiger partial charge in [0, 0.05) is 0 Å². The van der Waals surface area contributed by atoms with E-state index in [0.717, 1.165) is 12.0 Å². The van der Waals surface area contributed by atoms with Crippen LogP contribution < -0.4 is 0 Å². The van der Waals surface area contributed by atoms with Crippen molar-refractivity contribution in [1.29, 1.82) is 0 Å². The highest BCUT2D eigenvalue weighted by atomic mass is 16.7. The lowest BCUT2D eigenvalue weighted by atomic mass is 9.51. The van der Waals surface area contributed by atoms with Crippen molar-refractivity contribution in [2.75, 3.05) is 13.2 Å². The van der Waals surface area contributed by atoms with Crippen LogP contribution in [0.2, 0.25) is 0 Å². The van der Waals surface area contributed by atoms with Crippen LogP contribution in [0, 0.1) is 5.41 Å². The smallest absolute Gasteiger partial charge is 0.312 e. The molecule has 2 bridgehead atoms. The van der Waals surface area contributed by atoms with E-state index in [1.807, 2.05) is 19.1 Å². The fraction of sp³-hybridized carbons (Fsp3) is 0.690. The number of esters is 1. The molecule has 0 aromatic heterocycles. The van der Waals surface area contributed by atoms with Crippen LogP contribution in [0.15, 0.2) is 36.4 Å². The minimum Gasteiger partial charge on any atom is -0.433 e. The topological polar surface area (TPSA) is 44.8 Å². The minimum absolute atomic E-state index is 0.101. The second-order valence-corrected chi connectivity index (χ2v) is 10.5. The van der Waals surface area contributed by atoms with Gasteiger partial charge in [0.1, 0.15) is 12.7 Å². The first-order valence-corrected chi connectivity index (χ1v) is 13.3. The number of benzene rings is 1. The Labute approximate surface area is 200 Å². The third-order valence-electron chi connectivity index (χ3n) is 8.42. The van der Waals surface area contributed by atoms with Crippen molar-refractivity contribution in [2.45, 2.75) is 109 Å². The van der Waals surface area contributed by atoms with Crippen molar-refractivity contribution >= 4 is 5.97 Å². The number of carbonyl (C=O) groups is 1. The molecule has 182 valence electrons. The van der Waals surface area contributed by atoms with E-state index in [4.69, 9.17) is 14.2 Å². The molecule has 4 heteroatoms. The number of allylic oxidation sites excluding steroid dienone is 1. The molecule has 3 aliphatic carbocycles. The summed E-state index contributed by atoms with van der Waals surface area (Å²) in [7, 11) is 0. The molecule has 4 fully saturated rings. The summed E-state index contributed by atoms with van der Waals surface area (Å²) >= 11 is 0. The molecule has 1 heterocycles. The van der Waals surface area contributed by atoms with Gasteiger partial charge in [0.25, 0.3) is 0 Å². The fourth-order valence-electron chi connectivity index (χ4n) is 6.16. The summed E-state index contributed by atoms with van der Waals surface area (Å²) in [5.74, 6) is -0.273. The highest BCUT2D eigenvalue weighted by molar-refractivity contribution is 5.71. The number of hydrogen-bond acceptors (Lipinski definition) is 4. The maximum atomic E-state index is 11.9. The minimum atomic E-state index is -0.607. The molecule has 1 aliphatic heterocycles. The van der Waals surface area contributed by atoms with Crippen LogP contribution in [-0.4, -0.2) is 25.5 Å². The monoisotopic (exact) mass is 454 g/mol. The van der Waals surface area contributed by atoms with Crippen molar-refractivity contribution in [3.63, 3.8) is 0 Å². The van der Waals surface area contributed by atoms with Gasteiger partial charge in [-0.3, -0.25) is 4.79 Å². The molecule has 0 spiro atoms. The summed E-state index contributed by atoms with van der Waals surface area (Å²) in [5.41, 5.74) is 3.69. The van der Waals surface area contributed by atoms with E-state index in [-0.39, 0.29) is 25.1 Å². The maximum Gasteiger partial charge on any atom is 0.312 e. The van der Waals surface area contributed by atoms with E-state index in [1.165, 1.54) is 69.8 Å². The first-order valence-electron chi connectivity index (χ1n) is 13.3. The van der Waals surface area contributed by atoms with Crippen molar-refractivity contribution in [3.05, 3.63) is 47.5 Å². The predicted octanol–water partition coefficient (Wildman–Crippen LogP) is 7.17. The molecule has 0 N–H and O–H groups in total. The number of fused-ring (bicyclic) bond motifs is 3. The van der Waals surface area contributed by atoms with Crippen LogP contribution >= 0.6 is 0 Å². The largest absolute Gasteiger partial charge is 0.433 e. The summed E-state index contributed by atoms with van der Waals surface area (Å²) in [6.45, 7) is 5.03. The zero-order valence-electron chi connectivity index (χ0n) is 20.7. The molecule has 0 radical (unpaired) electrons. The van der Waals surface area contributed by atoms with Gasteiger partial charge in [-0.05, 0) is 73.3 Å². The highest BCUT2D eigenvalue weighted by Crippen LogP contribution is 2.59. The Morgan fingerprint density at radius 3 is 2.30 bits per heavy atom. The van der Waals surface area contributed by atoms with Crippen LogP contribution in [0.25, 0.3) is 0 Å². The van der Waals surface area contributed by atoms with Crippen LogP contribution in [0.3, 0.4) is 0 Å². The van der Waals surface area contributed by atoms with Crippen molar-refractivity contribution < 1.29 is 19.0 Å². The first-order chi connectivity index (χ1) is 16.1. The third-order valence-corrected chi connectivity index (χ3v) is 8.42. The first kappa shape index (κ1) is 24.5. The molecule has 4 nitrogen and oxygen atoms in total. The Bertz CT molecular complexity index is 764. The fourth-order valence-corrected chi connectivity index (χ4v) is 6.16. The van der Waals surface area contributed by atoms with Crippen LogP contribution in [0.5, 0.6) is 0 Å². The number of carbonyl (C=O) groups excluding carboxylic acids is 1. The van der Waals surface area contributed by atoms with Gasteiger partial charge in [0.2, 0.25) is 6.29 Å². The average Bonchev–Trinajstić information content (AvgIpc) is 2.86. The van der Waals surface area contributed by atoms with Gasteiger partial charge in [-0.15, -0.1) is 0 Å². The van der Waals surface area contributed by atoms with E-state index in [1.54, 1.807) is 0 Å².